The van der Waals surface area contributed by atoms with Gasteiger partial charge < -0.3 is 0 Å². The summed E-state index contributed by atoms with van der Waals surface area (Å²) in [6.45, 7) is 0. The van der Waals surface area contributed by atoms with Crippen molar-refractivity contribution in [3.8, 4) is 55.6 Å². The lowest BCUT2D eigenvalue weighted by molar-refractivity contribution is 1.54. The van der Waals surface area contributed by atoms with E-state index in [4.69, 9.17) is 0 Å². The highest BCUT2D eigenvalue weighted by molar-refractivity contribution is 6.19. The summed E-state index contributed by atoms with van der Waals surface area (Å²) in [5.41, 5.74) is 12.2. The summed E-state index contributed by atoms with van der Waals surface area (Å²) in [6, 6.07) is 90.2. The molecule has 0 aliphatic rings. The average molecular weight is 809 g/mol. The van der Waals surface area contributed by atoms with Gasteiger partial charge in [0.25, 0.3) is 0 Å². The van der Waals surface area contributed by atoms with Gasteiger partial charge in [0.05, 0.1) is 0 Å². The van der Waals surface area contributed by atoms with Crippen LogP contribution in [0.4, 0.5) is 0 Å². The Kier molecular flexibility index (Phi) is 8.32. The first-order valence-corrected chi connectivity index (χ1v) is 22.2. The zero-order valence-electron chi connectivity index (χ0n) is 35.1. The number of benzene rings is 13. The van der Waals surface area contributed by atoms with Crippen molar-refractivity contribution < 1.29 is 0 Å². The molecule has 0 aromatic heterocycles. The fourth-order valence-electron chi connectivity index (χ4n) is 10.5. The van der Waals surface area contributed by atoms with Gasteiger partial charge >= 0.3 is 0 Å². The Bertz CT molecular complexity index is 3990. The molecule has 0 aliphatic heterocycles. The molecule has 0 saturated heterocycles. The van der Waals surface area contributed by atoms with Crippen molar-refractivity contribution in [3.63, 3.8) is 0 Å². The maximum atomic E-state index is 2.44. The van der Waals surface area contributed by atoms with Crippen molar-refractivity contribution in [3.05, 3.63) is 243 Å². The lowest BCUT2D eigenvalue weighted by Gasteiger charge is -2.21. The van der Waals surface area contributed by atoms with Gasteiger partial charge in [0.2, 0.25) is 0 Å². The second-order valence-electron chi connectivity index (χ2n) is 17.2. The molecule has 13 rings (SSSR count). The topological polar surface area (TPSA) is 0 Å². The predicted octanol–water partition coefficient (Wildman–Crippen LogP) is 18.1. The highest BCUT2D eigenvalue weighted by atomic mass is 14.2. The number of rotatable bonds is 5. The van der Waals surface area contributed by atoms with Gasteiger partial charge in [-0.05, 0) is 192 Å². The number of hydrogen-bond donors (Lipinski definition) is 0. The van der Waals surface area contributed by atoms with E-state index < -0.39 is 0 Å². The Labute approximate surface area is 371 Å². The summed E-state index contributed by atoms with van der Waals surface area (Å²) in [6.07, 6.45) is 0. The molecule has 0 heterocycles. The van der Waals surface area contributed by atoms with Gasteiger partial charge in [0.1, 0.15) is 0 Å². The van der Waals surface area contributed by atoms with E-state index in [0.717, 1.165) is 0 Å². The second kappa shape index (κ2) is 14.7. The highest BCUT2D eigenvalue weighted by Gasteiger charge is 2.21. The minimum absolute atomic E-state index is 1.20. The van der Waals surface area contributed by atoms with Gasteiger partial charge in [-0.1, -0.05) is 182 Å². The van der Waals surface area contributed by atoms with Gasteiger partial charge in [-0.25, -0.2) is 0 Å². The van der Waals surface area contributed by atoms with Gasteiger partial charge in [0, 0.05) is 0 Å². The van der Waals surface area contributed by atoms with Crippen molar-refractivity contribution >= 4 is 75.4 Å². The molecular formula is C64H40. The molecule has 0 saturated carbocycles. The number of fused-ring (bicyclic) bond motifs is 8. The van der Waals surface area contributed by atoms with Crippen molar-refractivity contribution in [1.29, 1.82) is 0 Å². The fourth-order valence-corrected chi connectivity index (χ4v) is 10.5. The molecule has 0 atom stereocenters. The van der Waals surface area contributed by atoms with Crippen LogP contribution in [0.15, 0.2) is 243 Å². The van der Waals surface area contributed by atoms with Crippen LogP contribution in [0, 0.1) is 0 Å². The van der Waals surface area contributed by atoms with Gasteiger partial charge in [-0.2, -0.15) is 0 Å². The lowest BCUT2D eigenvalue weighted by atomic mass is 9.82. The maximum Gasteiger partial charge on any atom is -0.00204 e. The standard InChI is InChI=1S/C64H40/c1-3-15-41(16-4-1)54-22-9-10-23-56(54)57-24-11-12-25-59(57)64-55(42-17-5-2-6-18-42)26-14-28-60(64)58-27-13-21-45-33-50-34-46-29-30-47-35-51-36-48-31-43-19-7-8-20-44(43)32-49(48)37-52(51)38-62(47)63(46)40-53(50)39-61(45)58/h1-40H. The van der Waals surface area contributed by atoms with Crippen molar-refractivity contribution in [1.82, 2.24) is 0 Å². The molecule has 0 N–H and O–H groups in total. The highest BCUT2D eigenvalue weighted by Crippen LogP contribution is 2.47. The molecule has 0 radical (unpaired) electrons. The monoisotopic (exact) mass is 808 g/mol. The quantitative estimate of drug-likeness (QED) is 0.120. The molecule has 0 heteroatoms. The first kappa shape index (κ1) is 36.3. The van der Waals surface area contributed by atoms with Crippen LogP contribution in [0.5, 0.6) is 0 Å². The molecule has 0 bridgehead atoms. The maximum absolute atomic E-state index is 2.44. The largest absolute Gasteiger partial charge is 0.0622 e. The van der Waals surface area contributed by atoms with Crippen LogP contribution < -0.4 is 0 Å². The van der Waals surface area contributed by atoms with E-state index >= 15 is 0 Å². The molecule has 0 aliphatic carbocycles. The summed E-state index contributed by atoms with van der Waals surface area (Å²) in [5.74, 6) is 0. The minimum atomic E-state index is 1.20. The van der Waals surface area contributed by atoms with E-state index in [1.54, 1.807) is 0 Å². The Morgan fingerprint density at radius 1 is 0.156 bits per heavy atom. The van der Waals surface area contributed by atoms with Crippen LogP contribution in [0.1, 0.15) is 0 Å². The Morgan fingerprint density at radius 2 is 0.500 bits per heavy atom. The second-order valence-corrected chi connectivity index (χ2v) is 17.2. The average Bonchev–Trinajstić information content (AvgIpc) is 3.36. The van der Waals surface area contributed by atoms with Crippen LogP contribution in [0.25, 0.3) is 131 Å². The molecule has 0 unspecified atom stereocenters. The van der Waals surface area contributed by atoms with E-state index in [9.17, 15) is 0 Å². The summed E-state index contributed by atoms with van der Waals surface area (Å²) >= 11 is 0. The van der Waals surface area contributed by atoms with E-state index in [0.29, 0.717) is 0 Å². The lowest BCUT2D eigenvalue weighted by Crippen LogP contribution is -1.95. The zero-order chi connectivity index (χ0) is 42.1. The third-order valence-electron chi connectivity index (χ3n) is 13.5. The summed E-state index contributed by atoms with van der Waals surface area (Å²) in [4.78, 5) is 0. The molecule has 13 aromatic carbocycles. The van der Waals surface area contributed by atoms with Crippen molar-refractivity contribution in [2.24, 2.45) is 0 Å². The minimum Gasteiger partial charge on any atom is -0.0622 e. The van der Waals surface area contributed by atoms with Gasteiger partial charge in [-0.3, -0.25) is 0 Å². The Morgan fingerprint density at radius 3 is 1.11 bits per heavy atom. The molecule has 296 valence electrons. The van der Waals surface area contributed by atoms with Crippen molar-refractivity contribution in [2.75, 3.05) is 0 Å². The van der Waals surface area contributed by atoms with Gasteiger partial charge in [0.15, 0.2) is 0 Å². The fraction of sp³-hybridized carbons (Fsp3) is 0. The molecule has 0 nitrogen and oxygen atoms in total. The van der Waals surface area contributed by atoms with Crippen LogP contribution in [-0.2, 0) is 0 Å². The predicted molar refractivity (Wildman–Crippen MR) is 276 cm³/mol. The normalized spacial score (nSPS) is 11.8. The summed E-state index contributed by atoms with van der Waals surface area (Å²) in [5, 5.41) is 17.7. The van der Waals surface area contributed by atoms with Crippen LogP contribution in [0.3, 0.4) is 0 Å². The zero-order valence-corrected chi connectivity index (χ0v) is 35.1. The number of hydrogen-bond acceptors (Lipinski definition) is 0. The van der Waals surface area contributed by atoms with E-state index in [1.807, 2.05) is 0 Å². The molecule has 13 aromatic rings. The third kappa shape index (κ3) is 5.99. The first-order chi connectivity index (χ1) is 31.7. The third-order valence-corrected chi connectivity index (χ3v) is 13.5. The summed E-state index contributed by atoms with van der Waals surface area (Å²) in [7, 11) is 0. The first-order valence-electron chi connectivity index (χ1n) is 22.2. The molecule has 0 spiro atoms. The molecular weight excluding hydrogens is 769 g/mol. The van der Waals surface area contributed by atoms with Crippen LogP contribution >= 0.6 is 0 Å². The SMILES string of the molecule is c1ccc(-c2ccccc2-c2ccccc2-c2c(-c3ccccc3)cccc2-c2cccc3cc4cc5ccc6cc7cc8cc9ccccc9cc8cc7cc6c5cc4cc23)cc1. The Hall–Kier alpha value is -8.32. The Balaban J connectivity index is 1.03. The molecule has 64 heavy (non-hydrogen) atoms. The van der Waals surface area contributed by atoms with Crippen LogP contribution in [-0.4, -0.2) is 0 Å². The van der Waals surface area contributed by atoms with E-state index in [1.165, 1.54) is 131 Å². The van der Waals surface area contributed by atoms with E-state index in [2.05, 4.69) is 243 Å². The van der Waals surface area contributed by atoms with Crippen LogP contribution in [0.2, 0.25) is 0 Å². The van der Waals surface area contributed by atoms with Crippen molar-refractivity contribution in [2.45, 2.75) is 0 Å². The van der Waals surface area contributed by atoms with Gasteiger partial charge in [-0.15, -0.1) is 0 Å². The summed E-state index contributed by atoms with van der Waals surface area (Å²) < 4.78 is 0. The molecule has 0 fully saturated rings. The smallest absolute Gasteiger partial charge is 0.00204 e. The van der Waals surface area contributed by atoms with E-state index in [-0.39, 0.29) is 0 Å². The molecule has 0 amide bonds.